The van der Waals surface area contributed by atoms with Gasteiger partial charge in [-0.1, -0.05) is 19.1 Å². The first-order chi connectivity index (χ1) is 15.8. The summed E-state index contributed by atoms with van der Waals surface area (Å²) in [6, 6.07) is 6.65. The number of methoxy groups -OCH3 is 1. The van der Waals surface area contributed by atoms with Gasteiger partial charge in [-0.15, -0.1) is 11.3 Å². The molecule has 1 aliphatic heterocycles. The standard InChI is InChI=1S/C23H28N2O6S2/c1-14-7-8-16-19(11-14)32-23(21(16)22(27)24-15-9-10-33(28,29)13-15)25-20(26)12-31-18-6-4-3-5-17(18)30-2/h3-6,14-15H,7-13H2,1-2H3,(H,24,27)(H,25,26). The number of ether oxygens (including phenoxy) is 2. The molecule has 33 heavy (non-hydrogen) atoms. The molecule has 1 aliphatic carbocycles. The first kappa shape index (κ1) is 23.6. The van der Waals surface area contributed by atoms with Crippen LogP contribution in [0.2, 0.25) is 0 Å². The highest BCUT2D eigenvalue weighted by molar-refractivity contribution is 7.91. The number of carbonyl (C=O) groups is 2. The van der Waals surface area contributed by atoms with E-state index in [9.17, 15) is 18.0 Å². The number of benzene rings is 1. The Morgan fingerprint density at radius 1 is 1.18 bits per heavy atom. The molecule has 10 heteroatoms. The molecular weight excluding hydrogens is 464 g/mol. The molecule has 1 aromatic carbocycles. The maximum Gasteiger partial charge on any atom is 0.262 e. The van der Waals surface area contributed by atoms with E-state index in [0.717, 1.165) is 29.7 Å². The van der Waals surface area contributed by atoms with E-state index < -0.39 is 15.9 Å². The molecule has 0 radical (unpaired) electrons. The first-order valence-corrected chi connectivity index (χ1v) is 13.6. The van der Waals surface area contributed by atoms with Gasteiger partial charge in [0.2, 0.25) is 0 Å². The van der Waals surface area contributed by atoms with Crippen molar-refractivity contribution in [2.24, 2.45) is 5.92 Å². The molecule has 1 fully saturated rings. The van der Waals surface area contributed by atoms with Crippen molar-refractivity contribution in [2.45, 2.75) is 38.6 Å². The Balaban J connectivity index is 1.51. The summed E-state index contributed by atoms with van der Waals surface area (Å²) < 4.78 is 34.4. The number of carbonyl (C=O) groups excluding carboxylic acids is 2. The molecule has 2 aromatic rings. The lowest BCUT2D eigenvalue weighted by molar-refractivity contribution is -0.118. The van der Waals surface area contributed by atoms with E-state index in [1.165, 1.54) is 18.4 Å². The number of thiophene rings is 1. The molecule has 0 bridgehead atoms. The number of para-hydroxylation sites is 2. The lowest BCUT2D eigenvalue weighted by atomic mass is 9.88. The van der Waals surface area contributed by atoms with Gasteiger partial charge in [-0.05, 0) is 49.3 Å². The van der Waals surface area contributed by atoms with E-state index in [2.05, 4.69) is 17.6 Å². The summed E-state index contributed by atoms with van der Waals surface area (Å²) in [4.78, 5) is 27.0. The van der Waals surface area contributed by atoms with Crippen LogP contribution in [0.25, 0.3) is 0 Å². The summed E-state index contributed by atoms with van der Waals surface area (Å²) in [6.45, 7) is 1.94. The summed E-state index contributed by atoms with van der Waals surface area (Å²) in [5.41, 5.74) is 1.41. The van der Waals surface area contributed by atoms with E-state index in [-0.39, 0.29) is 29.9 Å². The Kier molecular flexibility index (Phi) is 6.94. The predicted octanol–water partition coefficient (Wildman–Crippen LogP) is 2.82. The molecular formula is C23H28N2O6S2. The number of anilines is 1. The SMILES string of the molecule is COc1ccccc1OCC(=O)Nc1sc2c(c1C(=O)NC1CCS(=O)(=O)C1)CCC(C)C2. The molecule has 0 spiro atoms. The number of fused-ring (bicyclic) bond motifs is 1. The van der Waals surface area contributed by atoms with E-state index in [4.69, 9.17) is 9.47 Å². The summed E-state index contributed by atoms with van der Waals surface area (Å²) in [5, 5.41) is 6.21. The molecule has 2 heterocycles. The fourth-order valence-electron chi connectivity index (χ4n) is 4.29. The van der Waals surface area contributed by atoms with Crippen LogP contribution in [-0.2, 0) is 27.5 Å². The third-order valence-electron chi connectivity index (χ3n) is 5.99. The van der Waals surface area contributed by atoms with Crippen LogP contribution < -0.4 is 20.1 Å². The Morgan fingerprint density at radius 3 is 2.64 bits per heavy atom. The second-order valence-corrected chi connectivity index (χ2v) is 12.0. The van der Waals surface area contributed by atoms with E-state index >= 15 is 0 Å². The first-order valence-electron chi connectivity index (χ1n) is 11.0. The molecule has 8 nitrogen and oxygen atoms in total. The number of rotatable bonds is 7. The van der Waals surface area contributed by atoms with Crippen LogP contribution in [-0.4, -0.2) is 51.5 Å². The number of hydrogen-bond acceptors (Lipinski definition) is 7. The van der Waals surface area contributed by atoms with Crippen LogP contribution in [0.1, 0.15) is 40.6 Å². The van der Waals surface area contributed by atoms with Gasteiger partial charge in [0.25, 0.3) is 11.8 Å². The molecule has 0 saturated carbocycles. The fraction of sp³-hybridized carbons (Fsp3) is 0.478. The highest BCUT2D eigenvalue weighted by atomic mass is 32.2. The predicted molar refractivity (Wildman–Crippen MR) is 127 cm³/mol. The number of hydrogen-bond donors (Lipinski definition) is 2. The third kappa shape index (κ3) is 5.50. The zero-order chi connectivity index (χ0) is 23.6. The zero-order valence-corrected chi connectivity index (χ0v) is 20.3. The van der Waals surface area contributed by atoms with Gasteiger partial charge < -0.3 is 20.1 Å². The molecule has 2 atom stereocenters. The molecule has 1 aromatic heterocycles. The largest absolute Gasteiger partial charge is 0.493 e. The van der Waals surface area contributed by atoms with Crippen molar-refractivity contribution in [3.8, 4) is 11.5 Å². The maximum atomic E-state index is 13.2. The summed E-state index contributed by atoms with van der Waals surface area (Å²) in [7, 11) is -1.58. The van der Waals surface area contributed by atoms with Gasteiger partial charge >= 0.3 is 0 Å². The van der Waals surface area contributed by atoms with Gasteiger partial charge in [-0.3, -0.25) is 9.59 Å². The molecule has 4 rings (SSSR count). The molecule has 2 N–H and O–H groups in total. The van der Waals surface area contributed by atoms with Crippen LogP contribution in [0.5, 0.6) is 11.5 Å². The molecule has 178 valence electrons. The Morgan fingerprint density at radius 2 is 1.94 bits per heavy atom. The van der Waals surface area contributed by atoms with Crippen molar-refractivity contribution in [3.63, 3.8) is 0 Å². The van der Waals surface area contributed by atoms with Gasteiger partial charge in [-0.2, -0.15) is 0 Å². The number of amides is 2. The quantitative estimate of drug-likeness (QED) is 0.615. The van der Waals surface area contributed by atoms with Gasteiger partial charge in [0.15, 0.2) is 27.9 Å². The average molecular weight is 493 g/mol. The van der Waals surface area contributed by atoms with Gasteiger partial charge in [0, 0.05) is 10.9 Å². The minimum Gasteiger partial charge on any atom is -0.493 e. The van der Waals surface area contributed by atoms with Crippen LogP contribution in [0.15, 0.2) is 24.3 Å². The normalized spacial score (nSPS) is 21.2. The number of sulfone groups is 1. The average Bonchev–Trinajstić information content (AvgIpc) is 3.30. The molecule has 1 saturated heterocycles. The van der Waals surface area contributed by atoms with Crippen LogP contribution in [0.3, 0.4) is 0 Å². The van der Waals surface area contributed by atoms with Crippen molar-refractivity contribution in [1.82, 2.24) is 5.32 Å². The topological polar surface area (TPSA) is 111 Å². The second-order valence-electron chi connectivity index (χ2n) is 8.62. The van der Waals surface area contributed by atoms with Crippen molar-refractivity contribution in [1.29, 1.82) is 0 Å². The minimum atomic E-state index is -3.11. The Hall–Kier alpha value is -2.59. The van der Waals surface area contributed by atoms with Gasteiger partial charge in [-0.25, -0.2) is 8.42 Å². The van der Waals surface area contributed by atoms with Crippen LogP contribution in [0.4, 0.5) is 5.00 Å². The summed E-state index contributed by atoms with van der Waals surface area (Å²) in [5.74, 6) is 0.810. The van der Waals surface area contributed by atoms with Crippen molar-refractivity contribution in [3.05, 3.63) is 40.3 Å². The van der Waals surface area contributed by atoms with Crippen LogP contribution >= 0.6 is 11.3 Å². The summed E-state index contributed by atoms with van der Waals surface area (Å²) in [6.07, 6.45) is 2.98. The van der Waals surface area contributed by atoms with Crippen LogP contribution in [0, 0.1) is 5.92 Å². The van der Waals surface area contributed by atoms with Gasteiger partial charge in [0.1, 0.15) is 5.00 Å². The number of nitrogens with one attached hydrogen (secondary N) is 2. The highest BCUT2D eigenvalue weighted by Crippen LogP contribution is 2.40. The zero-order valence-electron chi connectivity index (χ0n) is 18.7. The smallest absolute Gasteiger partial charge is 0.262 e. The molecule has 2 amide bonds. The molecule has 2 unspecified atom stereocenters. The van der Waals surface area contributed by atoms with Gasteiger partial charge in [0.05, 0.1) is 24.2 Å². The lowest BCUT2D eigenvalue weighted by Gasteiger charge is -2.19. The van der Waals surface area contributed by atoms with Crippen molar-refractivity contribution < 1.29 is 27.5 Å². The van der Waals surface area contributed by atoms with E-state index in [1.54, 1.807) is 18.2 Å². The fourth-order valence-corrected chi connectivity index (χ4v) is 7.39. The summed E-state index contributed by atoms with van der Waals surface area (Å²) >= 11 is 1.42. The molecule has 2 aliphatic rings. The van der Waals surface area contributed by atoms with Crippen molar-refractivity contribution >= 4 is 38.0 Å². The maximum absolute atomic E-state index is 13.2. The van der Waals surface area contributed by atoms with E-state index in [1.807, 2.05) is 6.07 Å². The Labute approximate surface area is 197 Å². The van der Waals surface area contributed by atoms with Crippen molar-refractivity contribution in [2.75, 3.05) is 30.5 Å². The monoisotopic (exact) mass is 492 g/mol. The lowest BCUT2D eigenvalue weighted by Crippen LogP contribution is -2.36. The minimum absolute atomic E-state index is 0.0451. The third-order valence-corrected chi connectivity index (χ3v) is 8.92. The van der Waals surface area contributed by atoms with E-state index in [0.29, 0.717) is 34.4 Å². The second kappa shape index (κ2) is 9.72. The highest BCUT2D eigenvalue weighted by Gasteiger charge is 2.33. The Bertz CT molecular complexity index is 1160.